The number of carboxylic acids is 1. The van der Waals surface area contributed by atoms with E-state index in [1.165, 1.54) is 11.8 Å². The Bertz CT molecular complexity index is 638. The normalized spacial score (nSPS) is 16.3. The molecule has 1 fully saturated rings. The molecule has 1 heterocycles. The van der Waals surface area contributed by atoms with Gasteiger partial charge in [0.25, 0.3) is 0 Å². The Morgan fingerprint density at radius 3 is 2.17 bits per heavy atom. The van der Waals surface area contributed by atoms with Crippen LogP contribution in [-0.4, -0.2) is 83.0 Å². The highest BCUT2D eigenvalue weighted by Crippen LogP contribution is 2.24. The number of hydrogen-bond donors (Lipinski definition) is 2. The van der Waals surface area contributed by atoms with Crippen LogP contribution >= 0.6 is 0 Å². The van der Waals surface area contributed by atoms with Gasteiger partial charge in [-0.2, -0.15) is 0 Å². The zero-order valence-electron chi connectivity index (χ0n) is 17.8. The van der Waals surface area contributed by atoms with Gasteiger partial charge in [0.2, 0.25) is 11.8 Å². The summed E-state index contributed by atoms with van der Waals surface area (Å²) in [5.41, 5.74) is -0.976. The molecule has 0 saturated carbocycles. The number of amides is 2. The van der Waals surface area contributed by atoms with Crippen LogP contribution in [0, 0.1) is 5.92 Å². The van der Waals surface area contributed by atoms with E-state index in [-0.39, 0.29) is 55.2 Å². The lowest BCUT2D eigenvalue weighted by Gasteiger charge is -2.40. The van der Waals surface area contributed by atoms with Gasteiger partial charge in [0.1, 0.15) is 5.54 Å². The molecule has 1 aliphatic rings. The first-order chi connectivity index (χ1) is 13.5. The number of likely N-dealkylation sites (N-methyl/N-ethyl adjacent to an activating group) is 1. The minimum atomic E-state index is -0.976. The maximum absolute atomic E-state index is 12.3. The number of likely N-dealkylation sites (tertiary alicyclic amines) is 1. The summed E-state index contributed by atoms with van der Waals surface area (Å²) in [6.07, 6.45) is 1.30. The van der Waals surface area contributed by atoms with Crippen molar-refractivity contribution in [2.45, 2.75) is 58.4 Å². The van der Waals surface area contributed by atoms with Crippen molar-refractivity contribution < 1.29 is 29.1 Å². The summed E-state index contributed by atoms with van der Waals surface area (Å²) in [5, 5.41) is 11.7. The smallest absolute Gasteiger partial charge is 0.317 e. The number of hydrogen-bond acceptors (Lipinski definition) is 6. The van der Waals surface area contributed by atoms with Crippen molar-refractivity contribution in [3.05, 3.63) is 0 Å². The van der Waals surface area contributed by atoms with Crippen LogP contribution in [0.15, 0.2) is 0 Å². The Kier molecular flexibility index (Phi) is 9.42. The van der Waals surface area contributed by atoms with E-state index in [1.807, 2.05) is 0 Å². The van der Waals surface area contributed by atoms with E-state index >= 15 is 0 Å². The molecule has 0 aromatic rings. The molecule has 0 unspecified atom stereocenters. The van der Waals surface area contributed by atoms with Gasteiger partial charge >= 0.3 is 5.97 Å². The van der Waals surface area contributed by atoms with Crippen molar-refractivity contribution >= 4 is 29.4 Å². The molecule has 9 nitrogen and oxygen atoms in total. The van der Waals surface area contributed by atoms with Crippen LogP contribution in [0.3, 0.4) is 0 Å². The third kappa shape index (κ3) is 7.92. The first kappa shape index (κ1) is 24.7. The molecule has 1 rings (SSSR count). The van der Waals surface area contributed by atoms with Crippen molar-refractivity contribution in [1.82, 2.24) is 15.1 Å². The predicted molar refractivity (Wildman–Crippen MR) is 106 cm³/mol. The van der Waals surface area contributed by atoms with Crippen LogP contribution < -0.4 is 5.32 Å². The number of nitrogens with one attached hydrogen (secondary N) is 1. The molecule has 0 bridgehead atoms. The number of aliphatic carboxylic acids is 1. The van der Waals surface area contributed by atoms with E-state index in [2.05, 4.69) is 5.32 Å². The second kappa shape index (κ2) is 11.0. The number of Topliss-reactive ketones (excluding diaryl/α,β-unsaturated/α-hetero) is 2. The van der Waals surface area contributed by atoms with E-state index in [0.717, 1.165) is 0 Å². The van der Waals surface area contributed by atoms with Crippen LogP contribution in [0.1, 0.15) is 52.9 Å². The fraction of sp³-hybridized carbons (Fsp3) is 0.750. The van der Waals surface area contributed by atoms with E-state index < -0.39 is 11.5 Å². The Morgan fingerprint density at radius 1 is 1.10 bits per heavy atom. The first-order valence-electron chi connectivity index (χ1n) is 9.99. The topological polar surface area (TPSA) is 124 Å². The van der Waals surface area contributed by atoms with Crippen molar-refractivity contribution in [2.75, 3.05) is 33.2 Å². The number of nitrogens with zero attached hydrogens (tertiary/aromatic N) is 2. The van der Waals surface area contributed by atoms with Crippen LogP contribution in [0.25, 0.3) is 0 Å². The van der Waals surface area contributed by atoms with Gasteiger partial charge in [-0.1, -0.05) is 13.8 Å². The molecule has 0 aromatic carbocycles. The molecule has 0 aromatic heterocycles. The Labute approximate surface area is 171 Å². The third-order valence-corrected chi connectivity index (χ3v) is 5.38. The van der Waals surface area contributed by atoms with Crippen LogP contribution in [0.2, 0.25) is 0 Å². The van der Waals surface area contributed by atoms with Gasteiger partial charge < -0.3 is 15.3 Å². The Balaban J connectivity index is 2.47. The molecule has 0 aliphatic carbocycles. The van der Waals surface area contributed by atoms with Crippen LogP contribution in [0.5, 0.6) is 0 Å². The predicted octanol–water partition coefficient (Wildman–Crippen LogP) is 0.465. The summed E-state index contributed by atoms with van der Waals surface area (Å²) < 4.78 is 0. The van der Waals surface area contributed by atoms with Gasteiger partial charge in [0.15, 0.2) is 11.6 Å². The Hall–Kier alpha value is -2.29. The number of piperidine rings is 1. The summed E-state index contributed by atoms with van der Waals surface area (Å²) in [5.74, 6) is -1.73. The molecule has 164 valence electrons. The summed E-state index contributed by atoms with van der Waals surface area (Å²) in [6, 6.07) is 0. The quantitative estimate of drug-likeness (QED) is 0.506. The maximum atomic E-state index is 12.3. The number of carboxylic acid groups (broad SMARTS) is 1. The third-order valence-electron chi connectivity index (χ3n) is 5.38. The average molecular weight is 411 g/mol. The molecule has 2 amide bonds. The summed E-state index contributed by atoms with van der Waals surface area (Å²) in [6.45, 7) is 5.79. The zero-order chi connectivity index (χ0) is 22.2. The lowest BCUT2D eigenvalue weighted by molar-refractivity contribution is -0.140. The van der Waals surface area contributed by atoms with Crippen LogP contribution in [-0.2, 0) is 24.0 Å². The first-order valence-corrected chi connectivity index (χ1v) is 9.99. The van der Waals surface area contributed by atoms with Gasteiger partial charge in [0, 0.05) is 38.9 Å². The highest BCUT2D eigenvalue weighted by Gasteiger charge is 2.40. The van der Waals surface area contributed by atoms with E-state index in [1.54, 1.807) is 25.8 Å². The minimum Gasteiger partial charge on any atom is -0.480 e. The van der Waals surface area contributed by atoms with Crippen molar-refractivity contribution in [3.63, 3.8) is 0 Å². The highest BCUT2D eigenvalue weighted by molar-refractivity contribution is 5.92. The fourth-order valence-electron chi connectivity index (χ4n) is 3.27. The van der Waals surface area contributed by atoms with Crippen molar-refractivity contribution in [2.24, 2.45) is 5.92 Å². The van der Waals surface area contributed by atoms with Gasteiger partial charge in [-0.25, -0.2) is 0 Å². The van der Waals surface area contributed by atoms with Gasteiger partial charge in [0.05, 0.1) is 13.1 Å². The number of rotatable bonds is 11. The maximum Gasteiger partial charge on any atom is 0.317 e. The monoisotopic (exact) mass is 411 g/mol. The van der Waals surface area contributed by atoms with E-state index in [0.29, 0.717) is 32.4 Å². The molecule has 0 atom stereocenters. The largest absolute Gasteiger partial charge is 0.480 e. The molecule has 1 saturated heterocycles. The minimum absolute atomic E-state index is 0.0174. The summed E-state index contributed by atoms with van der Waals surface area (Å²) >= 11 is 0. The van der Waals surface area contributed by atoms with Crippen molar-refractivity contribution in [3.8, 4) is 0 Å². The molecule has 29 heavy (non-hydrogen) atoms. The van der Waals surface area contributed by atoms with E-state index in [4.69, 9.17) is 5.11 Å². The zero-order valence-corrected chi connectivity index (χ0v) is 17.8. The molecule has 9 heteroatoms. The molecular weight excluding hydrogens is 378 g/mol. The second-order valence-corrected chi connectivity index (χ2v) is 8.08. The van der Waals surface area contributed by atoms with Gasteiger partial charge in [-0.05, 0) is 26.2 Å². The average Bonchev–Trinajstić information content (AvgIpc) is 2.62. The molecule has 2 N–H and O–H groups in total. The van der Waals surface area contributed by atoms with Crippen molar-refractivity contribution in [1.29, 1.82) is 0 Å². The number of carbonyl (C=O) groups excluding carboxylic acids is 4. The highest BCUT2D eigenvalue weighted by atomic mass is 16.4. The lowest BCUT2D eigenvalue weighted by Crippen LogP contribution is -2.59. The lowest BCUT2D eigenvalue weighted by atomic mass is 9.83. The molecular formula is C20H33N3O6. The SMILES string of the molecule is CC(=O)C1(NC(=O)CCCC(=O)N(C)CC(=O)C(C)C)CCN(CC(=O)O)CC1. The number of carbonyl (C=O) groups is 5. The molecule has 0 spiro atoms. The van der Waals surface area contributed by atoms with E-state index in [9.17, 15) is 24.0 Å². The summed E-state index contributed by atoms with van der Waals surface area (Å²) in [4.78, 5) is 62.3. The molecule has 0 radical (unpaired) electrons. The fourth-order valence-corrected chi connectivity index (χ4v) is 3.27. The van der Waals surface area contributed by atoms with Gasteiger partial charge in [-0.15, -0.1) is 0 Å². The second-order valence-electron chi connectivity index (χ2n) is 8.08. The van der Waals surface area contributed by atoms with Crippen LogP contribution in [0.4, 0.5) is 0 Å². The Morgan fingerprint density at radius 2 is 1.69 bits per heavy atom. The standard InChI is InChI=1S/C20H33N3O6/c1-14(2)16(25)12-22(4)18(27)7-5-6-17(26)21-20(15(3)24)8-10-23(11-9-20)13-19(28)29/h14H,5-13H2,1-4H3,(H,21,26)(H,28,29). The molecule has 1 aliphatic heterocycles. The number of ketones is 2. The summed E-state index contributed by atoms with van der Waals surface area (Å²) in [7, 11) is 1.57. The van der Waals surface area contributed by atoms with Gasteiger partial charge in [-0.3, -0.25) is 28.9 Å².